The number of hydrogen-bond acceptors (Lipinski definition) is 5. The minimum absolute atomic E-state index is 0.195. The Bertz CT molecular complexity index is 524. The highest BCUT2D eigenvalue weighted by Gasteiger charge is 2.32. The molecule has 1 rings (SSSR count). The van der Waals surface area contributed by atoms with E-state index < -0.39 is 29.8 Å². The quantitative estimate of drug-likeness (QED) is 0.775. The lowest BCUT2D eigenvalue weighted by Gasteiger charge is -2.24. The number of pyridine rings is 1. The Morgan fingerprint density at radius 3 is 2.48 bits per heavy atom. The molecule has 0 saturated heterocycles. The van der Waals surface area contributed by atoms with E-state index in [1.807, 2.05) is 0 Å². The minimum Gasteiger partial charge on any atom is -0.480 e. The van der Waals surface area contributed by atoms with Gasteiger partial charge in [-0.25, -0.2) is 9.59 Å². The molecule has 1 aromatic heterocycles. The summed E-state index contributed by atoms with van der Waals surface area (Å²) in [6.45, 7) is 6.66. The fourth-order valence-electron chi connectivity index (χ4n) is 1.68. The predicted molar refractivity (Wildman–Crippen MR) is 74.7 cm³/mol. The molecule has 0 unspecified atom stereocenters. The number of aryl methyl sites for hydroxylation is 1. The maximum Gasteiger partial charge on any atom is 0.408 e. The summed E-state index contributed by atoms with van der Waals surface area (Å²) in [7, 11) is 0. The van der Waals surface area contributed by atoms with Gasteiger partial charge in [-0.3, -0.25) is 4.98 Å². The molecule has 0 bridgehead atoms. The normalized spacial score (nSPS) is 14.1. The number of aliphatic carboxylic acids is 1. The topological polar surface area (TPSA) is 109 Å². The van der Waals surface area contributed by atoms with Crippen LogP contribution in [0.15, 0.2) is 18.3 Å². The standard InChI is InChI=1S/C14H20N2O5/c1-8-6-5-7-15-9(8)11(17)10(12(18)19)16-13(20)21-14(2,3)4/h5-7,10-11,17H,1-4H3,(H,16,20)(H,18,19)/t10-,11-/m0/s1. The summed E-state index contributed by atoms with van der Waals surface area (Å²) in [6.07, 6.45) is -0.948. The zero-order valence-corrected chi connectivity index (χ0v) is 12.5. The second-order valence-electron chi connectivity index (χ2n) is 5.61. The van der Waals surface area contributed by atoms with E-state index in [0.29, 0.717) is 5.56 Å². The third kappa shape index (κ3) is 5.03. The molecule has 1 aromatic rings. The van der Waals surface area contributed by atoms with Crippen LogP contribution in [-0.4, -0.2) is 38.9 Å². The van der Waals surface area contributed by atoms with Crippen LogP contribution in [0.2, 0.25) is 0 Å². The van der Waals surface area contributed by atoms with E-state index >= 15 is 0 Å². The fraction of sp³-hybridized carbons (Fsp3) is 0.500. The van der Waals surface area contributed by atoms with Crippen molar-refractivity contribution in [1.29, 1.82) is 0 Å². The molecular weight excluding hydrogens is 276 g/mol. The van der Waals surface area contributed by atoms with Crippen LogP contribution in [-0.2, 0) is 9.53 Å². The van der Waals surface area contributed by atoms with Crippen molar-refractivity contribution in [3.8, 4) is 0 Å². The summed E-state index contributed by atoms with van der Waals surface area (Å²) in [5.41, 5.74) is 0.0575. The molecule has 0 fully saturated rings. The number of aliphatic hydroxyl groups excluding tert-OH is 1. The molecule has 21 heavy (non-hydrogen) atoms. The predicted octanol–water partition coefficient (Wildman–Crippen LogP) is 1.40. The Kier molecular flexibility index (Phi) is 5.26. The first-order valence-electron chi connectivity index (χ1n) is 6.43. The van der Waals surface area contributed by atoms with Gasteiger partial charge in [0.15, 0.2) is 6.04 Å². The van der Waals surface area contributed by atoms with Crippen molar-refractivity contribution in [2.24, 2.45) is 0 Å². The van der Waals surface area contributed by atoms with E-state index in [9.17, 15) is 19.8 Å². The molecule has 0 aliphatic heterocycles. The molecule has 0 spiro atoms. The number of nitrogens with one attached hydrogen (secondary N) is 1. The van der Waals surface area contributed by atoms with E-state index in [0.717, 1.165) is 0 Å². The molecule has 1 amide bonds. The number of carbonyl (C=O) groups is 2. The van der Waals surface area contributed by atoms with Gasteiger partial charge in [0.1, 0.15) is 11.7 Å². The molecule has 0 aliphatic carbocycles. The third-order valence-electron chi connectivity index (χ3n) is 2.58. The number of carboxylic acid groups (broad SMARTS) is 1. The van der Waals surface area contributed by atoms with Gasteiger partial charge in [0, 0.05) is 6.20 Å². The molecule has 0 aromatic carbocycles. The van der Waals surface area contributed by atoms with Crippen LogP contribution >= 0.6 is 0 Å². The molecule has 2 atom stereocenters. The second kappa shape index (κ2) is 6.53. The van der Waals surface area contributed by atoms with Crippen molar-refractivity contribution < 1.29 is 24.5 Å². The zero-order valence-electron chi connectivity index (χ0n) is 12.5. The summed E-state index contributed by atoms with van der Waals surface area (Å²) in [5.74, 6) is -1.38. The van der Waals surface area contributed by atoms with Crippen LogP contribution in [0.3, 0.4) is 0 Å². The first-order chi connectivity index (χ1) is 9.61. The summed E-state index contributed by atoms with van der Waals surface area (Å²) in [6, 6.07) is 1.81. The number of ether oxygens (including phenoxy) is 1. The van der Waals surface area contributed by atoms with E-state index in [1.165, 1.54) is 6.20 Å². The average molecular weight is 296 g/mol. The van der Waals surface area contributed by atoms with Crippen molar-refractivity contribution in [1.82, 2.24) is 10.3 Å². The molecule has 7 heteroatoms. The van der Waals surface area contributed by atoms with Gasteiger partial charge in [-0.05, 0) is 39.3 Å². The van der Waals surface area contributed by atoms with Gasteiger partial charge in [-0.2, -0.15) is 0 Å². The largest absolute Gasteiger partial charge is 0.480 e. The Hall–Kier alpha value is -2.15. The lowest BCUT2D eigenvalue weighted by Crippen LogP contribution is -2.47. The van der Waals surface area contributed by atoms with Gasteiger partial charge in [-0.1, -0.05) is 6.07 Å². The van der Waals surface area contributed by atoms with Crippen LogP contribution < -0.4 is 5.32 Å². The SMILES string of the molecule is Cc1cccnc1[C@H](O)[C@H](NC(=O)OC(C)(C)C)C(=O)O. The minimum atomic E-state index is -1.55. The molecule has 3 N–H and O–H groups in total. The zero-order chi connectivity index (χ0) is 16.2. The van der Waals surface area contributed by atoms with Crippen LogP contribution in [0.25, 0.3) is 0 Å². The van der Waals surface area contributed by atoms with Crippen molar-refractivity contribution in [3.05, 3.63) is 29.6 Å². The Morgan fingerprint density at radius 2 is 2.00 bits per heavy atom. The summed E-state index contributed by atoms with van der Waals surface area (Å²) in [4.78, 5) is 26.9. The van der Waals surface area contributed by atoms with Gasteiger partial charge in [-0.15, -0.1) is 0 Å². The number of carbonyl (C=O) groups excluding carboxylic acids is 1. The Balaban J connectivity index is 2.90. The first-order valence-corrected chi connectivity index (χ1v) is 6.43. The summed E-state index contributed by atoms with van der Waals surface area (Å²) in [5, 5.41) is 21.5. The Labute approximate surface area is 123 Å². The molecule has 7 nitrogen and oxygen atoms in total. The van der Waals surface area contributed by atoms with Crippen LogP contribution in [0.1, 0.15) is 38.1 Å². The van der Waals surface area contributed by atoms with Gasteiger partial charge < -0.3 is 20.3 Å². The van der Waals surface area contributed by atoms with E-state index in [4.69, 9.17) is 4.74 Å². The van der Waals surface area contributed by atoms with E-state index in [2.05, 4.69) is 10.3 Å². The molecule has 0 radical (unpaired) electrons. The summed E-state index contributed by atoms with van der Waals surface area (Å²) >= 11 is 0. The molecular formula is C14H20N2O5. The first kappa shape index (κ1) is 16.9. The number of carboxylic acids is 1. The highest BCUT2D eigenvalue weighted by atomic mass is 16.6. The number of amides is 1. The second-order valence-corrected chi connectivity index (χ2v) is 5.61. The number of rotatable bonds is 4. The molecule has 1 heterocycles. The number of alkyl carbamates (subject to hydrolysis) is 1. The van der Waals surface area contributed by atoms with E-state index in [-0.39, 0.29) is 5.69 Å². The van der Waals surface area contributed by atoms with Crippen molar-refractivity contribution in [2.75, 3.05) is 0 Å². The molecule has 0 aliphatic rings. The fourth-order valence-corrected chi connectivity index (χ4v) is 1.68. The van der Waals surface area contributed by atoms with Crippen LogP contribution in [0.5, 0.6) is 0 Å². The number of aromatic nitrogens is 1. The third-order valence-corrected chi connectivity index (χ3v) is 2.58. The van der Waals surface area contributed by atoms with Gasteiger partial charge in [0.25, 0.3) is 0 Å². The molecule has 116 valence electrons. The maximum atomic E-state index is 11.7. The average Bonchev–Trinajstić information content (AvgIpc) is 2.33. The van der Waals surface area contributed by atoms with E-state index in [1.54, 1.807) is 39.8 Å². The monoisotopic (exact) mass is 296 g/mol. The highest BCUT2D eigenvalue weighted by molar-refractivity contribution is 5.80. The number of aliphatic hydroxyl groups is 1. The van der Waals surface area contributed by atoms with Gasteiger partial charge in [0.05, 0.1) is 5.69 Å². The lowest BCUT2D eigenvalue weighted by molar-refractivity contribution is -0.142. The number of hydrogen-bond donors (Lipinski definition) is 3. The number of nitrogens with zero attached hydrogens (tertiary/aromatic N) is 1. The lowest BCUT2D eigenvalue weighted by atomic mass is 10.0. The van der Waals surface area contributed by atoms with Gasteiger partial charge in [0.2, 0.25) is 0 Å². The highest BCUT2D eigenvalue weighted by Crippen LogP contribution is 2.19. The van der Waals surface area contributed by atoms with Crippen LogP contribution in [0.4, 0.5) is 4.79 Å². The van der Waals surface area contributed by atoms with Crippen molar-refractivity contribution in [2.45, 2.75) is 45.4 Å². The summed E-state index contributed by atoms with van der Waals surface area (Å²) < 4.78 is 4.99. The molecule has 0 saturated carbocycles. The Morgan fingerprint density at radius 1 is 1.38 bits per heavy atom. The maximum absolute atomic E-state index is 11.7. The smallest absolute Gasteiger partial charge is 0.408 e. The van der Waals surface area contributed by atoms with Crippen molar-refractivity contribution in [3.63, 3.8) is 0 Å². The van der Waals surface area contributed by atoms with Gasteiger partial charge >= 0.3 is 12.1 Å². The van der Waals surface area contributed by atoms with Crippen molar-refractivity contribution >= 4 is 12.1 Å². The van der Waals surface area contributed by atoms with Crippen LogP contribution in [0, 0.1) is 6.92 Å².